The molecule has 0 aromatic heterocycles. The standard InChI is InChI=1S/C18H14N2O6S2/c1-25-12-5-3-11(4-6-12)19-17(22)15(28-18(19)27)9-10-7-13(20(23)24)16(21)14(8-10)26-2/h3-9,21H,1-2H3/p-1/b15-9+. The summed E-state index contributed by atoms with van der Waals surface area (Å²) in [4.78, 5) is 24.8. The van der Waals surface area contributed by atoms with Crippen molar-refractivity contribution in [1.29, 1.82) is 0 Å². The highest BCUT2D eigenvalue weighted by molar-refractivity contribution is 8.27. The van der Waals surface area contributed by atoms with Gasteiger partial charge in [-0.3, -0.25) is 19.8 Å². The number of benzene rings is 2. The number of ether oxygens (including phenoxy) is 2. The van der Waals surface area contributed by atoms with Gasteiger partial charge in [0.25, 0.3) is 11.6 Å². The van der Waals surface area contributed by atoms with Crippen molar-refractivity contribution in [2.75, 3.05) is 19.1 Å². The van der Waals surface area contributed by atoms with Gasteiger partial charge in [0.05, 0.1) is 29.7 Å². The molecule has 8 nitrogen and oxygen atoms in total. The van der Waals surface area contributed by atoms with Crippen molar-refractivity contribution in [3.8, 4) is 17.2 Å². The van der Waals surface area contributed by atoms with Gasteiger partial charge in [-0.2, -0.15) is 0 Å². The summed E-state index contributed by atoms with van der Waals surface area (Å²) in [6.45, 7) is 0. The second-order valence-electron chi connectivity index (χ2n) is 5.54. The quantitative estimate of drug-likeness (QED) is 0.316. The van der Waals surface area contributed by atoms with Gasteiger partial charge in [0.2, 0.25) is 0 Å². The number of thioether (sulfide) groups is 1. The third-order valence-corrected chi connectivity index (χ3v) is 5.20. The largest absolute Gasteiger partial charge is 0.865 e. The molecule has 0 saturated carbocycles. The Balaban J connectivity index is 1.97. The van der Waals surface area contributed by atoms with E-state index >= 15 is 0 Å². The van der Waals surface area contributed by atoms with E-state index in [9.17, 15) is 20.0 Å². The molecule has 2 aromatic carbocycles. The number of nitrogens with zero attached hydrogens (tertiary/aromatic N) is 2. The first-order chi connectivity index (χ1) is 13.3. The number of anilines is 1. The van der Waals surface area contributed by atoms with Gasteiger partial charge < -0.3 is 14.6 Å². The minimum absolute atomic E-state index is 0.175. The summed E-state index contributed by atoms with van der Waals surface area (Å²) in [7, 11) is 2.78. The van der Waals surface area contributed by atoms with E-state index in [4.69, 9.17) is 21.7 Å². The Kier molecular flexibility index (Phi) is 5.52. The molecule has 2 aromatic rings. The second-order valence-corrected chi connectivity index (χ2v) is 7.22. The molecule has 0 unspecified atom stereocenters. The Bertz CT molecular complexity index is 1000. The van der Waals surface area contributed by atoms with Crippen molar-refractivity contribution < 1.29 is 24.3 Å². The Morgan fingerprint density at radius 1 is 1.18 bits per heavy atom. The predicted molar refractivity (Wildman–Crippen MR) is 108 cm³/mol. The summed E-state index contributed by atoms with van der Waals surface area (Å²) < 4.78 is 10.3. The minimum Gasteiger partial charge on any atom is -0.865 e. The summed E-state index contributed by atoms with van der Waals surface area (Å²) in [6.07, 6.45) is 1.44. The van der Waals surface area contributed by atoms with E-state index in [1.807, 2.05) is 0 Å². The van der Waals surface area contributed by atoms with Crippen LogP contribution in [0.5, 0.6) is 17.2 Å². The highest BCUT2D eigenvalue weighted by atomic mass is 32.2. The van der Waals surface area contributed by atoms with E-state index in [-0.39, 0.29) is 16.6 Å². The fourth-order valence-corrected chi connectivity index (χ4v) is 3.85. The molecule has 0 radical (unpaired) electrons. The molecule has 0 atom stereocenters. The summed E-state index contributed by atoms with van der Waals surface area (Å²) in [6, 6.07) is 9.26. The average Bonchev–Trinajstić information content (AvgIpc) is 2.96. The van der Waals surface area contributed by atoms with E-state index in [2.05, 4.69) is 0 Å². The molecular weight excluding hydrogens is 404 g/mol. The van der Waals surface area contributed by atoms with Gasteiger partial charge >= 0.3 is 0 Å². The van der Waals surface area contributed by atoms with Crippen LogP contribution in [0.1, 0.15) is 5.56 Å². The van der Waals surface area contributed by atoms with E-state index in [0.717, 1.165) is 17.8 Å². The number of hydrogen-bond donors (Lipinski definition) is 0. The molecule has 1 aliphatic rings. The number of methoxy groups -OCH3 is 2. The maximum absolute atomic E-state index is 12.8. The number of hydrogen-bond acceptors (Lipinski definition) is 8. The topological polar surface area (TPSA) is 105 Å². The Morgan fingerprint density at radius 2 is 1.86 bits per heavy atom. The molecule has 3 rings (SSSR count). The summed E-state index contributed by atoms with van der Waals surface area (Å²) in [5.74, 6) is -0.726. The number of rotatable bonds is 5. The average molecular weight is 417 g/mol. The van der Waals surface area contributed by atoms with Crippen molar-refractivity contribution >= 4 is 51.7 Å². The zero-order valence-electron chi connectivity index (χ0n) is 14.7. The van der Waals surface area contributed by atoms with Gasteiger partial charge in [-0.05, 0) is 42.0 Å². The number of thiocarbonyl (C=S) groups is 1. The lowest BCUT2D eigenvalue weighted by molar-refractivity contribution is -0.398. The van der Waals surface area contributed by atoms with Crippen LogP contribution < -0.4 is 19.5 Å². The normalized spacial score (nSPS) is 15.2. The van der Waals surface area contributed by atoms with Crippen LogP contribution in [0.25, 0.3) is 6.08 Å². The Hall–Kier alpha value is -3.11. The second kappa shape index (κ2) is 7.87. The van der Waals surface area contributed by atoms with Crippen LogP contribution in [-0.4, -0.2) is 29.4 Å². The first kappa shape index (κ1) is 19.6. The van der Waals surface area contributed by atoms with Crippen molar-refractivity contribution in [1.82, 2.24) is 0 Å². The molecule has 0 spiro atoms. The molecule has 1 saturated heterocycles. The van der Waals surface area contributed by atoms with E-state index in [1.54, 1.807) is 24.3 Å². The van der Waals surface area contributed by atoms with Crippen LogP contribution in [0.3, 0.4) is 0 Å². The first-order valence-corrected chi connectivity index (χ1v) is 9.03. The fraction of sp³-hybridized carbons (Fsp3) is 0.111. The van der Waals surface area contributed by atoms with Crippen LogP contribution in [0, 0.1) is 10.1 Å². The molecule has 0 N–H and O–H groups in total. The first-order valence-electron chi connectivity index (χ1n) is 7.81. The molecule has 1 heterocycles. The van der Waals surface area contributed by atoms with Gasteiger partial charge in [-0.1, -0.05) is 24.0 Å². The number of carbonyl (C=O) groups is 1. The summed E-state index contributed by atoms with van der Waals surface area (Å²) in [5.41, 5.74) is 0.236. The number of carbonyl (C=O) groups excluding carboxylic acids is 1. The lowest BCUT2D eigenvalue weighted by Gasteiger charge is -2.15. The molecule has 1 amide bonds. The smallest absolute Gasteiger partial charge is 0.270 e. The number of nitro groups is 1. The minimum atomic E-state index is -0.824. The van der Waals surface area contributed by atoms with Gasteiger partial charge in [-0.15, -0.1) is 0 Å². The SMILES string of the molecule is COc1ccc(N2C(=O)/C(=C\c3cc(OC)c([O-])c([N+](=O)[O-])c3)SC2=S)cc1. The molecule has 28 heavy (non-hydrogen) atoms. The van der Waals surface area contributed by atoms with Gasteiger partial charge in [-0.25, -0.2) is 0 Å². The monoisotopic (exact) mass is 417 g/mol. The summed E-state index contributed by atoms with van der Waals surface area (Å²) in [5, 5.41) is 23.0. The van der Waals surface area contributed by atoms with Crippen LogP contribution in [0.2, 0.25) is 0 Å². The van der Waals surface area contributed by atoms with Crippen LogP contribution in [0.15, 0.2) is 41.3 Å². The van der Waals surface area contributed by atoms with Crippen molar-refractivity contribution in [3.05, 3.63) is 57.0 Å². The van der Waals surface area contributed by atoms with Gasteiger partial charge in [0.1, 0.15) is 11.5 Å². The Morgan fingerprint density at radius 3 is 2.43 bits per heavy atom. The van der Waals surface area contributed by atoms with Crippen molar-refractivity contribution in [2.24, 2.45) is 0 Å². The third kappa shape index (κ3) is 3.64. The van der Waals surface area contributed by atoms with E-state index in [1.165, 1.54) is 31.3 Å². The molecule has 1 aliphatic heterocycles. The molecule has 0 aliphatic carbocycles. The summed E-state index contributed by atoms with van der Waals surface area (Å²) >= 11 is 6.37. The van der Waals surface area contributed by atoms with Crippen molar-refractivity contribution in [2.45, 2.75) is 0 Å². The molecule has 10 heteroatoms. The van der Waals surface area contributed by atoms with Gasteiger partial charge in [0, 0.05) is 11.8 Å². The molecular formula is C18H13N2O6S2-. The Labute approximate surface area is 169 Å². The third-order valence-electron chi connectivity index (χ3n) is 3.90. The highest BCUT2D eigenvalue weighted by Crippen LogP contribution is 2.39. The van der Waals surface area contributed by atoms with E-state index < -0.39 is 16.4 Å². The molecule has 1 fully saturated rings. The van der Waals surface area contributed by atoms with Crippen LogP contribution in [-0.2, 0) is 4.79 Å². The maximum Gasteiger partial charge on any atom is 0.270 e. The lowest BCUT2D eigenvalue weighted by Crippen LogP contribution is -2.27. The van der Waals surface area contributed by atoms with Gasteiger partial charge in [0.15, 0.2) is 4.32 Å². The predicted octanol–water partition coefficient (Wildman–Crippen LogP) is 3.09. The molecule has 0 bridgehead atoms. The zero-order chi connectivity index (χ0) is 20.4. The molecule has 144 valence electrons. The number of amides is 1. The van der Waals surface area contributed by atoms with Crippen LogP contribution >= 0.6 is 24.0 Å². The lowest BCUT2D eigenvalue weighted by atomic mass is 10.1. The highest BCUT2D eigenvalue weighted by Gasteiger charge is 2.33. The number of nitro benzene ring substituents is 1. The maximum atomic E-state index is 12.8. The fourth-order valence-electron chi connectivity index (χ4n) is 2.55. The van der Waals surface area contributed by atoms with E-state index in [0.29, 0.717) is 21.3 Å². The van der Waals surface area contributed by atoms with Crippen molar-refractivity contribution in [3.63, 3.8) is 0 Å². The van der Waals surface area contributed by atoms with Crippen LogP contribution in [0.4, 0.5) is 11.4 Å². The zero-order valence-corrected chi connectivity index (χ0v) is 16.3.